The Morgan fingerprint density at radius 2 is 0.873 bits per heavy atom. The van der Waals surface area contributed by atoms with Crippen molar-refractivity contribution in [3.8, 4) is 0 Å². The molecule has 3 N–H and O–H groups in total. The summed E-state index contributed by atoms with van der Waals surface area (Å²) in [5, 5.41) is 0. The fourth-order valence-corrected chi connectivity index (χ4v) is 7.60. The molecule has 2 atom stereocenters. The minimum atomic E-state index is -4.39. The van der Waals surface area contributed by atoms with E-state index in [2.05, 4.69) is 86.8 Å². The SMILES string of the molecule is CC/C=C\C/C=C\C/C=C\C/C=C\CCCCCCC(=O)OC(COC(=O)CCCCCCCCCCCCCCC/C=C\C/C=C\CCCCCCC)COP(=O)(O)OCCN. The highest BCUT2D eigenvalue weighted by Crippen LogP contribution is 2.43. The van der Waals surface area contributed by atoms with E-state index < -0.39 is 26.5 Å². The monoisotopic (exact) mass is 904 g/mol. The first kappa shape index (κ1) is 60.5. The average molecular weight is 904 g/mol. The van der Waals surface area contributed by atoms with Crippen molar-refractivity contribution in [2.45, 2.75) is 225 Å². The molecular weight excluding hydrogens is 810 g/mol. The zero-order valence-corrected chi connectivity index (χ0v) is 41.2. The maximum absolute atomic E-state index is 12.6. The Bertz CT molecular complexity index is 1260. The van der Waals surface area contributed by atoms with Gasteiger partial charge in [-0.05, 0) is 83.5 Å². The number of hydrogen-bond donors (Lipinski definition) is 2. The lowest BCUT2D eigenvalue weighted by atomic mass is 10.0. The normalized spacial score (nSPS) is 13.8. The molecule has 0 aliphatic carbocycles. The van der Waals surface area contributed by atoms with E-state index in [1.807, 2.05) is 0 Å². The Labute approximate surface area is 386 Å². The molecular formula is C53H94NO8P. The second kappa shape index (κ2) is 48.9. The van der Waals surface area contributed by atoms with Gasteiger partial charge in [-0.2, -0.15) is 0 Å². The molecule has 0 aromatic rings. The summed E-state index contributed by atoms with van der Waals surface area (Å²) in [7, 11) is -4.39. The molecule has 0 aromatic carbocycles. The Hall–Kier alpha value is -2.55. The van der Waals surface area contributed by atoms with Crippen molar-refractivity contribution in [3.63, 3.8) is 0 Å². The summed E-state index contributed by atoms with van der Waals surface area (Å²) in [5.74, 6) is -0.857. The van der Waals surface area contributed by atoms with Crippen LogP contribution in [-0.2, 0) is 32.7 Å². The van der Waals surface area contributed by atoms with E-state index in [0.717, 1.165) is 77.0 Å². The van der Waals surface area contributed by atoms with Gasteiger partial charge in [0.1, 0.15) is 6.61 Å². The predicted octanol–water partition coefficient (Wildman–Crippen LogP) is 15.4. The van der Waals surface area contributed by atoms with Crippen molar-refractivity contribution < 1.29 is 37.6 Å². The number of hydrogen-bond acceptors (Lipinski definition) is 8. The summed E-state index contributed by atoms with van der Waals surface area (Å²) < 4.78 is 32.9. The fraction of sp³-hybridized carbons (Fsp3) is 0.736. The summed E-state index contributed by atoms with van der Waals surface area (Å²) in [6, 6.07) is 0. The van der Waals surface area contributed by atoms with E-state index in [1.165, 1.54) is 109 Å². The third kappa shape index (κ3) is 48.7. The highest BCUT2D eigenvalue weighted by molar-refractivity contribution is 7.47. The zero-order valence-electron chi connectivity index (χ0n) is 40.3. The summed E-state index contributed by atoms with van der Waals surface area (Å²) >= 11 is 0. The van der Waals surface area contributed by atoms with E-state index in [1.54, 1.807) is 0 Å². The number of phosphoric ester groups is 1. The van der Waals surface area contributed by atoms with Gasteiger partial charge in [0, 0.05) is 19.4 Å². The molecule has 0 bridgehead atoms. The molecule has 0 aromatic heterocycles. The van der Waals surface area contributed by atoms with E-state index >= 15 is 0 Å². The van der Waals surface area contributed by atoms with Crippen LogP contribution < -0.4 is 5.73 Å². The zero-order chi connectivity index (χ0) is 46.0. The molecule has 0 saturated carbocycles. The van der Waals surface area contributed by atoms with Gasteiger partial charge in [-0.15, -0.1) is 0 Å². The topological polar surface area (TPSA) is 134 Å². The lowest BCUT2D eigenvalue weighted by Crippen LogP contribution is -2.29. The first-order chi connectivity index (χ1) is 30.8. The third-order valence-electron chi connectivity index (χ3n) is 10.6. The van der Waals surface area contributed by atoms with Gasteiger partial charge in [0.05, 0.1) is 13.2 Å². The molecule has 0 radical (unpaired) electrons. The molecule has 0 heterocycles. The molecule has 0 aliphatic heterocycles. The molecule has 0 aliphatic rings. The average Bonchev–Trinajstić information content (AvgIpc) is 3.27. The second-order valence-corrected chi connectivity index (χ2v) is 18.1. The van der Waals surface area contributed by atoms with Crippen LogP contribution in [-0.4, -0.2) is 49.3 Å². The third-order valence-corrected chi connectivity index (χ3v) is 11.6. The molecule has 0 fully saturated rings. The van der Waals surface area contributed by atoms with Crippen molar-refractivity contribution in [1.82, 2.24) is 0 Å². The number of allylic oxidation sites excluding steroid dienone is 12. The highest BCUT2D eigenvalue weighted by atomic mass is 31.2. The van der Waals surface area contributed by atoms with E-state index in [9.17, 15) is 19.0 Å². The molecule has 0 amide bonds. The quantitative estimate of drug-likeness (QED) is 0.0265. The number of phosphoric acid groups is 1. The largest absolute Gasteiger partial charge is 0.472 e. The smallest absolute Gasteiger partial charge is 0.462 e. The fourth-order valence-electron chi connectivity index (χ4n) is 6.83. The Balaban J connectivity index is 4.05. The van der Waals surface area contributed by atoms with E-state index in [-0.39, 0.29) is 38.6 Å². The Morgan fingerprint density at radius 1 is 0.492 bits per heavy atom. The van der Waals surface area contributed by atoms with Gasteiger partial charge < -0.3 is 20.1 Å². The summed E-state index contributed by atoms with van der Waals surface area (Å²) in [4.78, 5) is 35.0. The van der Waals surface area contributed by atoms with Gasteiger partial charge in [0.2, 0.25) is 0 Å². The summed E-state index contributed by atoms with van der Waals surface area (Å²) in [5.41, 5.74) is 5.36. The first-order valence-corrected chi connectivity index (χ1v) is 26.9. The van der Waals surface area contributed by atoms with Crippen LogP contribution in [0.5, 0.6) is 0 Å². The number of esters is 2. The number of carbonyl (C=O) groups excluding carboxylic acids is 2. The maximum atomic E-state index is 12.6. The van der Waals surface area contributed by atoms with Crippen LogP contribution in [0.25, 0.3) is 0 Å². The van der Waals surface area contributed by atoms with Crippen molar-refractivity contribution in [1.29, 1.82) is 0 Å². The molecule has 9 nitrogen and oxygen atoms in total. The van der Waals surface area contributed by atoms with E-state index in [0.29, 0.717) is 6.42 Å². The van der Waals surface area contributed by atoms with Gasteiger partial charge in [-0.3, -0.25) is 18.6 Å². The van der Waals surface area contributed by atoms with E-state index in [4.69, 9.17) is 24.3 Å². The van der Waals surface area contributed by atoms with Crippen LogP contribution in [0.15, 0.2) is 72.9 Å². The van der Waals surface area contributed by atoms with Crippen LogP contribution in [0.1, 0.15) is 219 Å². The molecule has 364 valence electrons. The molecule has 0 spiro atoms. The molecule has 0 saturated heterocycles. The number of carbonyl (C=O) groups is 2. The standard InChI is InChI=1S/C53H94NO8P/c1-3-5-7-9-11-13-15-17-19-21-22-23-24-25-26-27-28-30-31-33-35-37-39-41-43-45-52(55)59-49-51(50-61-63(57,58)60-48-47-54)62-53(56)46-44-42-40-38-36-34-32-29-20-18-16-14-12-10-8-6-4-2/h6,8,12,14-15,17-18,20-22,32,34,51H,3-5,7,9-11,13,16,19,23-31,33,35-50,54H2,1-2H3,(H,57,58)/b8-6-,14-12-,17-15-,20-18-,22-21-,34-32-. The van der Waals surface area contributed by atoms with Gasteiger partial charge >= 0.3 is 19.8 Å². The molecule has 63 heavy (non-hydrogen) atoms. The van der Waals surface area contributed by atoms with Crippen molar-refractivity contribution in [2.24, 2.45) is 5.73 Å². The molecule has 2 unspecified atom stereocenters. The summed E-state index contributed by atoms with van der Waals surface area (Å²) in [6.45, 7) is 3.59. The lowest BCUT2D eigenvalue weighted by molar-refractivity contribution is -0.161. The van der Waals surface area contributed by atoms with Crippen molar-refractivity contribution in [2.75, 3.05) is 26.4 Å². The van der Waals surface area contributed by atoms with Crippen LogP contribution in [0.4, 0.5) is 0 Å². The molecule has 10 heteroatoms. The minimum absolute atomic E-state index is 0.0460. The first-order valence-electron chi connectivity index (χ1n) is 25.4. The second-order valence-electron chi connectivity index (χ2n) is 16.7. The molecule has 0 rings (SSSR count). The summed E-state index contributed by atoms with van der Waals surface area (Å²) in [6.07, 6.45) is 60.9. The van der Waals surface area contributed by atoms with Crippen molar-refractivity contribution in [3.05, 3.63) is 72.9 Å². The predicted molar refractivity (Wildman–Crippen MR) is 266 cm³/mol. The van der Waals surface area contributed by atoms with Gasteiger partial charge in [-0.1, -0.05) is 196 Å². The number of unbranched alkanes of at least 4 members (excludes halogenated alkanes) is 22. The van der Waals surface area contributed by atoms with Gasteiger partial charge in [-0.25, -0.2) is 4.57 Å². The van der Waals surface area contributed by atoms with Crippen LogP contribution in [0.3, 0.4) is 0 Å². The van der Waals surface area contributed by atoms with Gasteiger partial charge in [0.15, 0.2) is 6.10 Å². The number of ether oxygens (including phenoxy) is 2. The lowest BCUT2D eigenvalue weighted by Gasteiger charge is -2.19. The Morgan fingerprint density at radius 3 is 1.30 bits per heavy atom. The van der Waals surface area contributed by atoms with Crippen LogP contribution in [0.2, 0.25) is 0 Å². The number of rotatable bonds is 47. The highest BCUT2D eigenvalue weighted by Gasteiger charge is 2.26. The maximum Gasteiger partial charge on any atom is 0.472 e. The number of nitrogens with two attached hydrogens (primary N) is 1. The minimum Gasteiger partial charge on any atom is -0.462 e. The van der Waals surface area contributed by atoms with Crippen molar-refractivity contribution >= 4 is 19.8 Å². The van der Waals surface area contributed by atoms with Gasteiger partial charge in [0.25, 0.3) is 0 Å². The Kier molecular flexibility index (Phi) is 46.9. The van der Waals surface area contributed by atoms with Crippen LogP contribution in [0, 0.1) is 0 Å². The van der Waals surface area contributed by atoms with Crippen LogP contribution >= 0.6 is 7.82 Å².